The van der Waals surface area contributed by atoms with Gasteiger partial charge >= 0.3 is 0 Å². The average Bonchev–Trinajstić information content (AvgIpc) is 2.23. The normalized spacial score (nSPS) is 18.5. The van der Waals surface area contributed by atoms with Crippen molar-refractivity contribution in [2.45, 2.75) is 51.6 Å². The fraction of sp³-hybridized carbons (Fsp3) is 0.600. The van der Waals surface area contributed by atoms with Crippen molar-refractivity contribution in [1.82, 2.24) is 0 Å². The Morgan fingerprint density at radius 1 is 1.12 bits per heavy atom. The lowest BCUT2D eigenvalue weighted by atomic mass is 9.80. The fourth-order valence-electron chi connectivity index (χ4n) is 2.28. The molecule has 0 amide bonds. The van der Waals surface area contributed by atoms with E-state index in [0.29, 0.717) is 5.92 Å². The van der Waals surface area contributed by atoms with Crippen molar-refractivity contribution in [3.8, 4) is 0 Å². The lowest BCUT2D eigenvalue weighted by Crippen LogP contribution is -2.14. The number of benzene rings is 1. The molecule has 1 aliphatic rings. The summed E-state index contributed by atoms with van der Waals surface area (Å²) in [4.78, 5) is 0. The second kappa shape index (κ2) is 5.01. The van der Waals surface area contributed by atoms with Gasteiger partial charge in [0.1, 0.15) is 0 Å². The highest BCUT2D eigenvalue weighted by Gasteiger charge is 2.21. The molecule has 1 aliphatic carbocycles. The van der Waals surface area contributed by atoms with Gasteiger partial charge in [-0.1, -0.05) is 57.4 Å². The van der Waals surface area contributed by atoms with E-state index < -0.39 is 0 Å². The molecule has 0 spiro atoms. The third kappa shape index (κ3) is 2.65. The van der Waals surface area contributed by atoms with E-state index in [1.165, 1.54) is 24.8 Å². The molecule has 0 radical (unpaired) electrons. The van der Waals surface area contributed by atoms with Crippen LogP contribution in [0.15, 0.2) is 24.3 Å². The summed E-state index contributed by atoms with van der Waals surface area (Å²) in [5.41, 5.74) is 2.43. The van der Waals surface area contributed by atoms with Crippen LogP contribution in [-0.2, 0) is 0 Å². The molecule has 2 rings (SSSR count). The first kappa shape index (κ1) is 11.7. The van der Waals surface area contributed by atoms with Crippen molar-refractivity contribution in [2.75, 3.05) is 0 Å². The van der Waals surface area contributed by atoms with Gasteiger partial charge in [0.05, 0.1) is 6.10 Å². The zero-order valence-corrected chi connectivity index (χ0v) is 10.3. The second-order valence-electron chi connectivity index (χ2n) is 5.37. The molecule has 0 aromatic heterocycles. The van der Waals surface area contributed by atoms with Crippen molar-refractivity contribution in [3.63, 3.8) is 0 Å². The first-order valence-corrected chi connectivity index (χ1v) is 6.44. The van der Waals surface area contributed by atoms with Gasteiger partial charge in [0, 0.05) is 0 Å². The summed E-state index contributed by atoms with van der Waals surface area (Å²) in [7, 11) is 0. The van der Waals surface area contributed by atoms with Gasteiger partial charge < -0.3 is 5.11 Å². The van der Waals surface area contributed by atoms with E-state index in [9.17, 15) is 5.11 Å². The molecule has 0 bridgehead atoms. The summed E-state index contributed by atoms with van der Waals surface area (Å²) in [5.74, 6) is 1.33. The molecular formula is C15H22O. The van der Waals surface area contributed by atoms with E-state index in [1.54, 1.807) is 0 Å². The van der Waals surface area contributed by atoms with Crippen LogP contribution in [0.1, 0.15) is 62.7 Å². The van der Waals surface area contributed by atoms with Crippen molar-refractivity contribution in [3.05, 3.63) is 35.4 Å². The minimum atomic E-state index is -0.258. The zero-order valence-electron chi connectivity index (χ0n) is 10.3. The molecule has 0 aliphatic heterocycles. The molecule has 1 nitrogen and oxygen atoms in total. The smallest absolute Gasteiger partial charge is 0.0792 e. The van der Waals surface area contributed by atoms with E-state index in [1.807, 2.05) is 0 Å². The van der Waals surface area contributed by atoms with E-state index >= 15 is 0 Å². The molecule has 88 valence electrons. The van der Waals surface area contributed by atoms with Crippen LogP contribution in [0.4, 0.5) is 0 Å². The summed E-state index contributed by atoms with van der Waals surface area (Å²) in [6.07, 6.45) is 4.65. The highest BCUT2D eigenvalue weighted by molar-refractivity contribution is 5.26. The van der Waals surface area contributed by atoms with Crippen LogP contribution < -0.4 is 0 Å². The first-order valence-electron chi connectivity index (χ1n) is 6.44. The molecule has 16 heavy (non-hydrogen) atoms. The third-order valence-corrected chi connectivity index (χ3v) is 3.77. The Bertz CT molecular complexity index is 322. The number of aliphatic hydroxyl groups is 1. The lowest BCUT2D eigenvalue weighted by Gasteiger charge is -2.27. The van der Waals surface area contributed by atoms with Crippen molar-refractivity contribution in [2.24, 2.45) is 5.92 Å². The van der Waals surface area contributed by atoms with E-state index in [2.05, 4.69) is 38.1 Å². The Morgan fingerprint density at radius 3 is 2.12 bits per heavy atom. The van der Waals surface area contributed by atoms with E-state index in [0.717, 1.165) is 17.9 Å². The molecule has 0 heterocycles. The third-order valence-electron chi connectivity index (χ3n) is 3.77. The van der Waals surface area contributed by atoms with Crippen molar-refractivity contribution < 1.29 is 5.11 Å². The molecule has 1 heteroatoms. The lowest BCUT2D eigenvalue weighted by molar-refractivity contribution is 0.118. The Morgan fingerprint density at radius 2 is 1.69 bits per heavy atom. The van der Waals surface area contributed by atoms with Crippen LogP contribution in [-0.4, -0.2) is 5.11 Å². The van der Waals surface area contributed by atoms with Gasteiger partial charge in [-0.3, -0.25) is 0 Å². The van der Waals surface area contributed by atoms with Crippen LogP contribution in [0.2, 0.25) is 0 Å². The largest absolute Gasteiger partial charge is 0.388 e. The second-order valence-corrected chi connectivity index (χ2v) is 5.37. The van der Waals surface area contributed by atoms with Gasteiger partial charge in [-0.25, -0.2) is 0 Å². The van der Waals surface area contributed by atoms with Crippen LogP contribution in [0.3, 0.4) is 0 Å². The fourth-order valence-corrected chi connectivity index (χ4v) is 2.28. The van der Waals surface area contributed by atoms with Crippen molar-refractivity contribution in [1.29, 1.82) is 0 Å². The van der Waals surface area contributed by atoms with Gasteiger partial charge in [0.2, 0.25) is 0 Å². The Labute approximate surface area is 98.5 Å². The maximum Gasteiger partial charge on any atom is 0.0792 e. The predicted octanol–water partition coefficient (Wildman–Crippen LogP) is 4.03. The summed E-state index contributed by atoms with van der Waals surface area (Å²) in [5, 5.41) is 10.1. The predicted molar refractivity (Wildman–Crippen MR) is 67.4 cm³/mol. The van der Waals surface area contributed by atoms with E-state index in [-0.39, 0.29) is 6.10 Å². The molecule has 0 saturated heterocycles. The van der Waals surface area contributed by atoms with Gasteiger partial charge in [0.25, 0.3) is 0 Å². The van der Waals surface area contributed by atoms with Gasteiger partial charge in [-0.05, 0) is 29.4 Å². The summed E-state index contributed by atoms with van der Waals surface area (Å²) >= 11 is 0. The molecule has 1 aromatic carbocycles. The number of hydrogen-bond donors (Lipinski definition) is 1. The molecule has 1 aromatic rings. The average molecular weight is 218 g/mol. The Balaban J connectivity index is 1.97. The number of aliphatic hydroxyl groups excluding tert-OH is 1. The molecule has 1 atom stereocenters. The van der Waals surface area contributed by atoms with Crippen LogP contribution in [0, 0.1) is 5.92 Å². The maximum atomic E-state index is 10.1. The van der Waals surface area contributed by atoms with Crippen LogP contribution in [0.5, 0.6) is 0 Å². The quantitative estimate of drug-likeness (QED) is 0.808. The standard InChI is InChI=1S/C15H22O/c1-11(2)13-6-8-14(9-7-13)15(16)10-12-4-3-5-12/h6-9,11-12,15-16H,3-5,10H2,1-2H3. The number of rotatable bonds is 4. The molecule has 1 fully saturated rings. The molecule has 1 saturated carbocycles. The minimum absolute atomic E-state index is 0.258. The minimum Gasteiger partial charge on any atom is -0.388 e. The van der Waals surface area contributed by atoms with E-state index in [4.69, 9.17) is 0 Å². The SMILES string of the molecule is CC(C)c1ccc(C(O)CC2CCC2)cc1. The van der Waals surface area contributed by atoms with Gasteiger partial charge in [-0.15, -0.1) is 0 Å². The highest BCUT2D eigenvalue weighted by Crippen LogP contribution is 2.34. The molecular weight excluding hydrogens is 196 g/mol. The van der Waals surface area contributed by atoms with Crippen LogP contribution in [0.25, 0.3) is 0 Å². The van der Waals surface area contributed by atoms with Crippen LogP contribution >= 0.6 is 0 Å². The first-order chi connectivity index (χ1) is 7.66. The monoisotopic (exact) mass is 218 g/mol. The Hall–Kier alpha value is -0.820. The summed E-state index contributed by atoms with van der Waals surface area (Å²) in [6, 6.07) is 8.45. The van der Waals surface area contributed by atoms with Gasteiger partial charge in [0.15, 0.2) is 0 Å². The Kier molecular flexibility index (Phi) is 3.65. The van der Waals surface area contributed by atoms with Gasteiger partial charge in [-0.2, -0.15) is 0 Å². The highest BCUT2D eigenvalue weighted by atomic mass is 16.3. The maximum absolute atomic E-state index is 10.1. The summed E-state index contributed by atoms with van der Waals surface area (Å²) in [6.45, 7) is 4.39. The zero-order chi connectivity index (χ0) is 11.5. The number of hydrogen-bond acceptors (Lipinski definition) is 1. The van der Waals surface area contributed by atoms with Crippen molar-refractivity contribution >= 4 is 0 Å². The molecule has 1 N–H and O–H groups in total. The summed E-state index contributed by atoms with van der Waals surface area (Å²) < 4.78 is 0. The topological polar surface area (TPSA) is 20.2 Å². The molecule has 1 unspecified atom stereocenters.